The summed E-state index contributed by atoms with van der Waals surface area (Å²) in [6.07, 6.45) is 0.995. The molecule has 0 radical (unpaired) electrons. The Labute approximate surface area is 126 Å². The smallest absolute Gasteiger partial charge is 0.238 e. The summed E-state index contributed by atoms with van der Waals surface area (Å²) >= 11 is 0. The van der Waals surface area contributed by atoms with E-state index in [2.05, 4.69) is 17.6 Å². The maximum absolute atomic E-state index is 11.2. The van der Waals surface area contributed by atoms with Crippen LogP contribution >= 0.6 is 0 Å². The maximum atomic E-state index is 11.2. The van der Waals surface area contributed by atoms with E-state index in [1.807, 2.05) is 0 Å². The Morgan fingerprint density at radius 2 is 2.14 bits per heavy atom. The lowest BCUT2D eigenvalue weighted by Crippen LogP contribution is -2.44. The van der Waals surface area contributed by atoms with E-state index in [9.17, 15) is 8.42 Å². The molecule has 0 aliphatic carbocycles. The summed E-state index contributed by atoms with van der Waals surface area (Å²) < 4.78 is 27.8. The van der Waals surface area contributed by atoms with Gasteiger partial charge in [-0.3, -0.25) is 0 Å². The van der Waals surface area contributed by atoms with Gasteiger partial charge in [-0.05, 0) is 31.0 Å². The van der Waals surface area contributed by atoms with Crippen LogP contribution in [0, 0.1) is 0 Å². The normalized spacial score (nSPS) is 21.1. The van der Waals surface area contributed by atoms with Gasteiger partial charge < -0.3 is 15.4 Å². The van der Waals surface area contributed by atoms with Crippen molar-refractivity contribution in [3.63, 3.8) is 0 Å². The quantitative estimate of drug-likeness (QED) is 0.697. The third kappa shape index (κ3) is 5.37. The molecule has 2 rings (SSSR count). The highest BCUT2D eigenvalue weighted by Gasteiger charge is 2.16. The zero-order chi connectivity index (χ0) is 15.3. The molecule has 0 saturated carbocycles. The minimum atomic E-state index is -3.61. The molecule has 21 heavy (non-hydrogen) atoms. The Morgan fingerprint density at radius 3 is 2.71 bits per heavy atom. The Hall–Kier alpha value is -0.990. The molecule has 2 unspecified atom stereocenters. The highest BCUT2D eigenvalue weighted by atomic mass is 32.2. The number of hydrogen-bond acceptors (Lipinski definition) is 5. The molecule has 1 fully saturated rings. The monoisotopic (exact) mass is 313 g/mol. The lowest BCUT2D eigenvalue weighted by atomic mass is 10.1. The molecule has 6 nitrogen and oxygen atoms in total. The Kier molecular flexibility index (Phi) is 5.72. The van der Waals surface area contributed by atoms with E-state index in [0.717, 1.165) is 31.7 Å². The van der Waals surface area contributed by atoms with Crippen molar-refractivity contribution in [1.82, 2.24) is 10.6 Å². The van der Waals surface area contributed by atoms with Crippen LogP contribution in [0.1, 0.15) is 18.9 Å². The van der Waals surface area contributed by atoms with Crippen LogP contribution in [-0.2, 0) is 21.3 Å². The van der Waals surface area contributed by atoms with Crippen LogP contribution < -0.4 is 15.8 Å². The fourth-order valence-corrected chi connectivity index (χ4v) is 2.89. The summed E-state index contributed by atoms with van der Waals surface area (Å²) in [5.41, 5.74) is 1.03. The summed E-state index contributed by atoms with van der Waals surface area (Å²) in [6, 6.07) is 7.37. The minimum Gasteiger partial charge on any atom is -0.379 e. The molecular weight excluding hydrogens is 290 g/mol. The number of hydrogen-bond donors (Lipinski definition) is 3. The molecule has 118 valence electrons. The second-order valence-electron chi connectivity index (χ2n) is 5.43. The molecule has 1 aromatic rings. The molecule has 4 N–H and O–H groups in total. The van der Waals surface area contributed by atoms with Crippen LogP contribution in [-0.4, -0.2) is 40.3 Å². The molecule has 1 heterocycles. The fourth-order valence-electron chi connectivity index (χ4n) is 2.37. The summed E-state index contributed by atoms with van der Waals surface area (Å²) in [5, 5.41) is 11.9. The minimum absolute atomic E-state index is 0.142. The molecule has 2 atom stereocenters. The van der Waals surface area contributed by atoms with Crippen molar-refractivity contribution in [2.75, 3.05) is 19.8 Å². The molecule has 0 bridgehead atoms. The highest BCUT2D eigenvalue weighted by molar-refractivity contribution is 7.89. The van der Waals surface area contributed by atoms with Gasteiger partial charge in [0.25, 0.3) is 0 Å². The first-order valence-corrected chi connectivity index (χ1v) is 8.66. The molecule has 1 aromatic carbocycles. The van der Waals surface area contributed by atoms with Gasteiger partial charge in [-0.15, -0.1) is 0 Å². The fraction of sp³-hybridized carbons (Fsp3) is 0.571. The molecule has 1 aliphatic rings. The van der Waals surface area contributed by atoms with Crippen molar-refractivity contribution < 1.29 is 13.2 Å². The number of sulfonamides is 1. The average molecular weight is 313 g/mol. The lowest BCUT2D eigenvalue weighted by molar-refractivity contribution is 0.0712. The van der Waals surface area contributed by atoms with Crippen LogP contribution in [0.3, 0.4) is 0 Å². The van der Waals surface area contributed by atoms with Gasteiger partial charge in [0.05, 0.1) is 18.1 Å². The van der Waals surface area contributed by atoms with Crippen LogP contribution in [0.2, 0.25) is 0 Å². The number of nitrogens with one attached hydrogen (secondary N) is 2. The predicted molar refractivity (Wildman–Crippen MR) is 81.3 cm³/mol. The van der Waals surface area contributed by atoms with Crippen LogP contribution in [0.4, 0.5) is 0 Å². The molecule has 0 aromatic heterocycles. The first kappa shape index (κ1) is 16.4. The third-order valence-corrected chi connectivity index (χ3v) is 4.47. The van der Waals surface area contributed by atoms with Gasteiger partial charge in [-0.2, -0.15) is 0 Å². The number of rotatable bonds is 6. The predicted octanol–water partition coefficient (Wildman–Crippen LogP) is 0.191. The topological polar surface area (TPSA) is 93.4 Å². The first-order valence-electron chi connectivity index (χ1n) is 7.11. The number of primary sulfonamides is 1. The number of nitrogens with two attached hydrogens (primary N) is 1. The van der Waals surface area contributed by atoms with E-state index < -0.39 is 10.0 Å². The van der Waals surface area contributed by atoms with Crippen molar-refractivity contribution in [3.05, 3.63) is 29.8 Å². The van der Waals surface area contributed by atoms with Crippen LogP contribution in [0.15, 0.2) is 29.2 Å². The number of benzene rings is 1. The first-order chi connectivity index (χ1) is 9.95. The molecule has 0 spiro atoms. The molecule has 0 amide bonds. The van der Waals surface area contributed by atoms with Crippen molar-refractivity contribution in [1.29, 1.82) is 0 Å². The highest BCUT2D eigenvalue weighted by Crippen LogP contribution is 2.09. The van der Waals surface area contributed by atoms with Crippen molar-refractivity contribution in [3.8, 4) is 0 Å². The maximum Gasteiger partial charge on any atom is 0.238 e. The van der Waals surface area contributed by atoms with E-state index in [-0.39, 0.29) is 4.90 Å². The van der Waals surface area contributed by atoms with Crippen molar-refractivity contribution in [2.24, 2.45) is 5.14 Å². The van der Waals surface area contributed by atoms with Gasteiger partial charge in [-0.25, -0.2) is 13.6 Å². The van der Waals surface area contributed by atoms with Gasteiger partial charge >= 0.3 is 0 Å². The van der Waals surface area contributed by atoms with E-state index >= 15 is 0 Å². The summed E-state index contributed by atoms with van der Waals surface area (Å²) in [4.78, 5) is 0.142. The molecular formula is C14H23N3O3S. The molecule has 7 heteroatoms. The van der Waals surface area contributed by atoms with Gasteiger partial charge in [-0.1, -0.05) is 12.1 Å². The Balaban J connectivity index is 1.79. The summed E-state index contributed by atoms with van der Waals surface area (Å²) in [6.45, 7) is 5.28. The van der Waals surface area contributed by atoms with E-state index in [0.29, 0.717) is 18.6 Å². The second kappa shape index (κ2) is 7.33. The van der Waals surface area contributed by atoms with Crippen LogP contribution in [0.25, 0.3) is 0 Å². The summed E-state index contributed by atoms with van der Waals surface area (Å²) in [7, 11) is -3.61. The van der Waals surface area contributed by atoms with E-state index in [1.165, 1.54) is 12.1 Å². The molecule has 1 aliphatic heterocycles. The molecule has 1 saturated heterocycles. The van der Waals surface area contributed by atoms with Crippen LogP contribution in [0.5, 0.6) is 0 Å². The standard InChI is InChI=1S/C14H23N3O3S/c1-11(8-13-10-20-7-6-16-13)17-9-12-2-4-14(5-3-12)21(15,18)19/h2-5,11,13,16-17H,6-10H2,1H3,(H2,15,18,19). The third-order valence-electron chi connectivity index (χ3n) is 3.54. The zero-order valence-electron chi connectivity index (χ0n) is 12.2. The van der Waals surface area contributed by atoms with Crippen molar-refractivity contribution >= 4 is 10.0 Å². The van der Waals surface area contributed by atoms with E-state index in [4.69, 9.17) is 9.88 Å². The summed E-state index contributed by atoms with van der Waals surface area (Å²) in [5.74, 6) is 0. The van der Waals surface area contributed by atoms with Gasteiger partial charge in [0.1, 0.15) is 0 Å². The van der Waals surface area contributed by atoms with Gasteiger partial charge in [0.15, 0.2) is 0 Å². The van der Waals surface area contributed by atoms with Gasteiger partial charge in [0, 0.05) is 25.2 Å². The largest absolute Gasteiger partial charge is 0.379 e. The van der Waals surface area contributed by atoms with Gasteiger partial charge in [0.2, 0.25) is 10.0 Å². The van der Waals surface area contributed by atoms with E-state index in [1.54, 1.807) is 12.1 Å². The Bertz CT molecular complexity index is 539. The number of morpholine rings is 1. The van der Waals surface area contributed by atoms with Crippen molar-refractivity contribution in [2.45, 2.75) is 36.9 Å². The number of ether oxygens (including phenoxy) is 1. The zero-order valence-corrected chi connectivity index (χ0v) is 13.0. The Morgan fingerprint density at radius 1 is 1.43 bits per heavy atom. The average Bonchev–Trinajstić information content (AvgIpc) is 2.46. The lowest BCUT2D eigenvalue weighted by Gasteiger charge is -2.26. The SMILES string of the molecule is CC(CC1COCCN1)NCc1ccc(S(N)(=O)=O)cc1. The second-order valence-corrected chi connectivity index (χ2v) is 6.99.